The number of nitrogens with zero attached hydrogens (tertiary/aromatic N) is 2. The van der Waals surface area contributed by atoms with Crippen molar-refractivity contribution < 1.29 is 9.59 Å². The first kappa shape index (κ1) is 17.9. The van der Waals surface area contributed by atoms with E-state index in [0.717, 1.165) is 24.0 Å². The summed E-state index contributed by atoms with van der Waals surface area (Å²) in [5.41, 5.74) is 2.82. The number of urea groups is 1. The van der Waals surface area contributed by atoms with Crippen molar-refractivity contribution in [1.29, 1.82) is 0 Å². The number of hydrogen-bond donors (Lipinski definition) is 3. The number of piperazine rings is 1. The number of amides is 3. The second kappa shape index (κ2) is 8.04. The van der Waals surface area contributed by atoms with E-state index in [0.29, 0.717) is 18.8 Å². The van der Waals surface area contributed by atoms with Crippen LogP contribution < -0.4 is 15.5 Å². The van der Waals surface area contributed by atoms with Gasteiger partial charge in [-0.2, -0.15) is 0 Å². The number of anilines is 2. The number of benzene rings is 2. The van der Waals surface area contributed by atoms with Crippen LogP contribution >= 0.6 is 0 Å². The molecule has 2 heterocycles. The molecule has 7 heteroatoms. The average Bonchev–Trinajstić information content (AvgIpc) is 3.21. The molecule has 4 rings (SSSR count). The lowest BCUT2D eigenvalue weighted by atomic mass is 10.2. The van der Waals surface area contributed by atoms with E-state index in [1.165, 1.54) is 5.69 Å². The second-order valence-corrected chi connectivity index (χ2v) is 6.80. The number of nitrogens with one attached hydrogen (secondary N) is 3. The Labute approximate surface area is 163 Å². The third-order valence-electron chi connectivity index (χ3n) is 4.93. The summed E-state index contributed by atoms with van der Waals surface area (Å²) in [5, 5.41) is 6.60. The van der Waals surface area contributed by atoms with E-state index in [1.807, 2.05) is 48.7 Å². The van der Waals surface area contributed by atoms with E-state index in [4.69, 9.17) is 0 Å². The SMILES string of the molecule is O=C(CNC(=O)N1CCN(c2ccccc2)CC1)Nc1ccc2cc[nH]c2c1. The Hall–Kier alpha value is -3.48. The van der Waals surface area contributed by atoms with Crippen LogP contribution in [0.5, 0.6) is 0 Å². The minimum atomic E-state index is -0.248. The number of H-pyrrole nitrogens is 1. The first-order valence-corrected chi connectivity index (χ1v) is 9.39. The molecule has 0 radical (unpaired) electrons. The normalized spacial score (nSPS) is 14.1. The van der Waals surface area contributed by atoms with Crippen molar-refractivity contribution in [1.82, 2.24) is 15.2 Å². The Balaban J connectivity index is 1.23. The van der Waals surface area contributed by atoms with E-state index >= 15 is 0 Å². The number of fused-ring (bicyclic) bond motifs is 1. The highest BCUT2D eigenvalue weighted by molar-refractivity contribution is 5.96. The van der Waals surface area contributed by atoms with Crippen LogP contribution in [0.2, 0.25) is 0 Å². The van der Waals surface area contributed by atoms with Gasteiger partial charge in [0.25, 0.3) is 0 Å². The Kier molecular flexibility index (Phi) is 5.14. The molecule has 0 saturated carbocycles. The van der Waals surface area contributed by atoms with Gasteiger partial charge in [-0.25, -0.2) is 4.79 Å². The highest BCUT2D eigenvalue weighted by Crippen LogP contribution is 2.17. The van der Waals surface area contributed by atoms with Gasteiger partial charge in [0.2, 0.25) is 5.91 Å². The summed E-state index contributed by atoms with van der Waals surface area (Å²) < 4.78 is 0. The molecule has 1 aromatic heterocycles. The van der Waals surface area contributed by atoms with Gasteiger partial charge < -0.3 is 25.4 Å². The fraction of sp³-hybridized carbons (Fsp3) is 0.238. The lowest BCUT2D eigenvalue weighted by Crippen LogP contribution is -2.52. The summed E-state index contributed by atoms with van der Waals surface area (Å²) in [6, 6.07) is 17.6. The van der Waals surface area contributed by atoms with Crippen molar-refractivity contribution in [2.24, 2.45) is 0 Å². The molecule has 1 aliphatic heterocycles. The van der Waals surface area contributed by atoms with Crippen LogP contribution in [0.1, 0.15) is 0 Å². The second-order valence-electron chi connectivity index (χ2n) is 6.80. The summed E-state index contributed by atoms with van der Waals surface area (Å²) in [6.07, 6.45) is 1.86. The topological polar surface area (TPSA) is 80.5 Å². The van der Waals surface area contributed by atoms with Gasteiger partial charge in [-0.05, 0) is 35.7 Å². The molecule has 0 atom stereocenters. The predicted molar refractivity (Wildman–Crippen MR) is 111 cm³/mol. The third-order valence-corrected chi connectivity index (χ3v) is 4.93. The molecule has 3 aromatic rings. The zero-order valence-electron chi connectivity index (χ0n) is 15.5. The number of rotatable bonds is 4. The van der Waals surface area contributed by atoms with Gasteiger partial charge in [-0.15, -0.1) is 0 Å². The van der Waals surface area contributed by atoms with Gasteiger partial charge in [0.05, 0.1) is 6.54 Å². The Morgan fingerprint density at radius 3 is 2.54 bits per heavy atom. The molecule has 0 spiro atoms. The van der Waals surface area contributed by atoms with Crippen molar-refractivity contribution in [2.45, 2.75) is 0 Å². The zero-order valence-corrected chi connectivity index (χ0v) is 15.5. The molecule has 0 aliphatic carbocycles. The molecular weight excluding hydrogens is 354 g/mol. The summed E-state index contributed by atoms with van der Waals surface area (Å²) >= 11 is 0. The maximum atomic E-state index is 12.3. The summed E-state index contributed by atoms with van der Waals surface area (Å²) in [4.78, 5) is 31.6. The van der Waals surface area contributed by atoms with Crippen LogP contribution in [0, 0.1) is 0 Å². The molecule has 2 aromatic carbocycles. The summed E-state index contributed by atoms with van der Waals surface area (Å²) in [5.74, 6) is -0.248. The average molecular weight is 377 g/mol. The minimum Gasteiger partial charge on any atom is -0.368 e. The number of carbonyl (C=O) groups excluding carboxylic acids is 2. The zero-order chi connectivity index (χ0) is 19.3. The Morgan fingerprint density at radius 2 is 1.75 bits per heavy atom. The van der Waals surface area contributed by atoms with Crippen LogP contribution in [0.3, 0.4) is 0 Å². The van der Waals surface area contributed by atoms with Crippen molar-refractivity contribution in [3.63, 3.8) is 0 Å². The number of para-hydroxylation sites is 1. The Bertz CT molecular complexity index is 961. The number of carbonyl (C=O) groups is 2. The van der Waals surface area contributed by atoms with E-state index < -0.39 is 0 Å². The van der Waals surface area contributed by atoms with E-state index in [1.54, 1.807) is 4.90 Å². The van der Waals surface area contributed by atoms with Crippen molar-refractivity contribution >= 4 is 34.2 Å². The first-order chi connectivity index (χ1) is 13.7. The molecule has 1 saturated heterocycles. The molecule has 144 valence electrons. The van der Waals surface area contributed by atoms with Crippen LogP contribution in [-0.2, 0) is 4.79 Å². The highest BCUT2D eigenvalue weighted by atomic mass is 16.2. The number of hydrogen-bond acceptors (Lipinski definition) is 3. The largest absolute Gasteiger partial charge is 0.368 e. The van der Waals surface area contributed by atoms with E-state index in [-0.39, 0.29) is 18.5 Å². The van der Waals surface area contributed by atoms with Gasteiger partial charge in [0.15, 0.2) is 0 Å². The third kappa shape index (κ3) is 4.09. The fourth-order valence-corrected chi connectivity index (χ4v) is 3.41. The number of aromatic nitrogens is 1. The minimum absolute atomic E-state index is 0.0551. The summed E-state index contributed by atoms with van der Waals surface area (Å²) in [6.45, 7) is 2.76. The lowest BCUT2D eigenvalue weighted by Gasteiger charge is -2.36. The highest BCUT2D eigenvalue weighted by Gasteiger charge is 2.21. The van der Waals surface area contributed by atoms with Gasteiger partial charge >= 0.3 is 6.03 Å². The smallest absolute Gasteiger partial charge is 0.317 e. The molecule has 7 nitrogen and oxygen atoms in total. The lowest BCUT2D eigenvalue weighted by molar-refractivity contribution is -0.115. The van der Waals surface area contributed by atoms with Crippen molar-refractivity contribution in [3.8, 4) is 0 Å². The van der Waals surface area contributed by atoms with Crippen molar-refractivity contribution in [3.05, 3.63) is 60.8 Å². The van der Waals surface area contributed by atoms with Crippen LogP contribution in [0.4, 0.5) is 16.2 Å². The fourth-order valence-electron chi connectivity index (χ4n) is 3.41. The maximum absolute atomic E-state index is 12.3. The summed E-state index contributed by atoms with van der Waals surface area (Å²) in [7, 11) is 0. The molecule has 0 unspecified atom stereocenters. The molecule has 3 amide bonds. The van der Waals surface area contributed by atoms with Crippen LogP contribution in [0.25, 0.3) is 10.9 Å². The predicted octanol–water partition coefficient (Wildman–Crippen LogP) is 2.64. The van der Waals surface area contributed by atoms with Gasteiger partial charge in [-0.3, -0.25) is 4.79 Å². The van der Waals surface area contributed by atoms with E-state index in [2.05, 4.69) is 32.7 Å². The van der Waals surface area contributed by atoms with Crippen LogP contribution in [0.15, 0.2) is 60.8 Å². The van der Waals surface area contributed by atoms with Gasteiger partial charge in [-0.1, -0.05) is 24.3 Å². The van der Waals surface area contributed by atoms with Crippen LogP contribution in [-0.4, -0.2) is 54.5 Å². The monoisotopic (exact) mass is 377 g/mol. The molecule has 1 aliphatic rings. The Morgan fingerprint density at radius 1 is 0.964 bits per heavy atom. The molecule has 3 N–H and O–H groups in total. The molecule has 0 bridgehead atoms. The molecular formula is C21H23N5O2. The van der Waals surface area contributed by atoms with Crippen molar-refractivity contribution in [2.75, 3.05) is 42.9 Å². The van der Waals surface area contributed by atoms with Gasteiger partial charge in [0.1, 0.15) is 0 Å². The molecule has 1 fully saturated rings. The maximum Gasteiger partial charge on any atom is 0.317 e. The first-order valence-electron chi connectivity index (χ1n) is 9.39. The number of aromatic amines is 1. The quantitative estimate of drug-likeness (QED) is 0.654. The van der Waals surface area contributed by atoms with Gasteiger partial charge in [0, 0.05) is 49.3 Å². The molecule has 28 heavy (non-hydrogen) atoms. The standard InChI is InChI=1S/C21H23N5O2/c27-20(24-17-7-6-16-8-9-22-19(16)14-17)15-23-21(28)26-12-10-25(11-13-26)18-4-2-1-3-5-18/h1-9,14,22H,10-13,15H2,(H,23,28)(H,24,27). The van der Waals surface area contributed by atoms with E-state index in [9.17, 15) is 9.59 Å².